The van der Waals surface area contributed by atoms with Crippen LogP contribution in [0.5, 0.6) is 5.75 Å². The van der Waals surface area contributed by atoms with Crippen LogP contribution >= 0.6 is 0 Å². The number of anilines is 1. The number of carbonyl (C=O) groups excluding carboxylic acids is 1. The molecule has 3 rings (SSSR count). The average Bonchev–Trinajstić information content (AvgIpc) is 3.01. The van der Waals surface area contributed by atoms with Gasteiger partial charge in [0, 0.05) is 16.7 Å². The fraction of sp³-hybridized carbons (Fsp3) is 0.348. The van der Waals surface area contributed by atoms with Crippen molar-refractivity contribution in [3.05, 3.63) is 71.1 Å². The molecule has 0 spiro atoms. The summed E-state index contributed by atoms with van der Waals surface area (Å²) in [6.07, 6.45) is 1.63. The molecule has 154 valence electrons. The van der Waals surface area contributed by atoms with Crippen molar-refractivity contribution in [1.82, 2.24) is 0 Å². The lowest BCUT2D eigenvalue weighted by atomic mass is 10.0. The van der Waals surface area contributed by atoms with Crippen molar-refractivity contribution >= 4 is 21.4 Å². The predicted molar refractivity (Wildman–Crippen MR) is 116 cm³/mol. The van der Waals surface area contributed by atoms with Crippen LogP contribution in [0.3, 0.4) is 0 Å². The Morgan fingerprint density at radius 2 is 1.62 bits per heavy atom. The fourth-order valence-electron chi connectivity index (χ4n) is 3.29. The summed E-state index contributed by atoms with van der Waals surface area (Å²) in [6.45, 7) is 8.08. The smallest absolute Gasteiger partial charge is 0.258 e. The summed E-state index contributed by atoms with van der Waals surface area (Å²) < 4.78 is 29.6. The van der Waals surface area contributed by atoms with E-state index in [1.807, 2.05) is 38.1 Å². The largest absolute Gasteiger partial charge is 0.491 e. The molecule has 0 aromatic heterocycles. The molecule has 5 nitrogen and oxygen atoms in total. The SMILES string of the molecule is CC(C)Oc1ccc(C(=O)N(c2ccc(C(C)C)cc2)[C@H]2C=CS(=O)(=O)C2)cc1. The van der Waals surface area contributed by atoms with Gasteiger partial charge in [0.15, 0.2) is 9.84 Å². The summed E-state index contributed by atoms with van der Waals surface area (Å²) in [4.78, 5) is 14.9. The van der Waals surface area contributed by atoms with Crippen LogP contribution in [0, 0.1) is 0 Å². The maximum Gasteiger partial charge on any atom is 0.258 e. The van der Waals surface area contributed by atoms with Gasteiger partial charge in [-0.15, -0.1) is 0 Å². The number of amides is 1. The molecule has 0 N–H and O–H groups in total. The summed E-state index contributed by atoms with van der Waals surface area (Å²) in [5.74, 6) is 0.700. The third kappa shape index (κ3) is 5.07. The van der Waals surface area contributed by atoms with Gasteiger partial charge in [-0.25, -0.2) is 8.42 Å². The first-order valence-corrected chi connectivity index (χ1v) is 11.5. The molecule has 0 aliphatic carbocycles. The number of benzene rings is 2. The average molecular weight is 414 g/mol. The van der Waals surface area contributed by atoms with Gasteiger partial charge >= 0.3 is 0 Å². The Morgan fingerprint density at radius 1 is 1.00 bits per heavy atom. The zero-order chi connectivity index (χ0) is 21.2. The summed E-state index contributed by atoms with van der Waals surface area (Å²) in [5, 5.41) is 1.19. The van der Waals surface area contributed by atoms with Crippen LogP contribution in [0.25, 0.3) is 0 Å². The second kappa shape index (κ2) is 8.41. The van der Waals surface area contributed by atoms with E-state index in [1.165, 1.54) is 5.41 Å². The van der Waals surface area contributed by atoms with E-state index >= 15 is 0 Å². The summed E-state index contributed by atoms with van der Waals surface area (Å²) in [7, 11) is -3.30. The van der Waals surface area contributed by atoms with E-state index in [0.29, 0.717) is 22.9 Å². The standard InChI is InChI=1S/C23H27NO4S/c1-16(2)18-5-9-20(10-6-18)24(21-13-14-29(26,27)15-21)23(25)19-7-11-22(12-8-19)28-17(3)4/h5-14,16-17,21H,15H2,1-4H3/t21-/m0/s1. The molecule has 1 amide bonds. The number of ether oxygens (including phenoxy) is 1. The Kier molecular flexibility index (Phi) is 6.13. The Bertz CT molecular complexity index is 990. The topological polar surface area (TPSA) is 63.7 Å². The molecule has 1 aliphatic rings. The van der Waals surface area contributed by atoms with Gasteiger partial charge in [0.2, 0.25) is 0 Å². The summed E-state index contributed by atoms with van der Waals surface area (Å²) in [5.41, 5.74) is 2.31. The van der Waals surface area contributed by atoms with Crippen molar-refractivity contribution in [2.24, 2.45) is 0 Å². The number of hydrogen-bond donors (Lipinski definition) is 0. The molecule has 0 unspecified atom stereocenters. The molecular formula is C23H27NO4S. The Balaban J connectivity index is 1.94. The number of sulfone groups is 1. The van der Waals surface area contributed by atoms with Crippen LogP contribution in [0.1, 0.15) is 49.5 Å². The Labute approximate surface area is 172 Å². The number of rotatable bonds is 6. The van der Waals surface area contributed by atoms with Crippen LogP contribution < -0.4 is 9.64 Å². The van der Waals surface area contributed by atoms with Crippen LogP contribution in [-0.2, 0) is 9.84 Å². The van der Waals surface area contributed by atoms with Crippen molar-refractivity contribution in [3.8, 4) is 5.75 Å². The van der Waals surface area contributed by atoms with E-state index in [0.717, 1.165) is 5.56 Å². The predicted octanol–water partition coefficient (Wildman–Crippen LogP) is 4.55. The Morgan fingerprint density at radius 3 is 2.10 bits per heavy atom. The molecule has 0 radical (unpaired) electrons. The second-order valence-electron chi connectivity index (χ2n) is 7.84. The molecule has 0 saturated carbocycles. The maximum absolute atomic E-state index is 13.4. The van der Waals surface area contributed by atoms with E-state index in [2.05, 4.69) is 13.8 Å². The Hall–Kier alpha value is -2.60. The lowest BCUT2D eigenvalue weighted by Gasteiger charge is -2.28. The van der Waals surface area contributed by atoms with Crippen molar-refractivity contribution < 1.29 is 17.9 Å². The second-order valence-corrected chi connectivity index (χ2v) is 9.77. The normalized spacial score (nSPS) is 17.7. The van der Waals surface area contributed by atoms with E-state index in [9.17, 15) is 13.2 Å². The van der Waals surface area contributed by atoms with Crippen molar-refractivity contribution in [1.29, 1.82) is 0 Å². The van der Waals surface area contributed by atoms with Gasteiger partial charge in [0.25, 0.3) is 5.91 Å². The van der Waals surface area contributed by atoms with Gasteiger partial charge < -0.3 is 9.64 Å². The number of carbonyl (C=O) groups is 1. The highest BCUT2D eigenvalue weighted by atomic mass is 32.2. The third-order valence-electron chi connectivity index (χ3n) is 4.77. The lowest BCUT2D eigenvalue weighted by molar-refractivity contribution is 0.0983. The summed E-state index contributed by atoms with van der Waals surface area (Å²) in [6, 6.07) is 14.1. The molecule has 1 aliphatic heterocycles. The third-order valence-corrected chi connectivity index (χ3v) is 6.15. The van der Waals surface area contributed by atoms with Gasteiger partial charge in [-0.05, 0) is 67.8 Å². The van der Waals surface area contributed by atoms with Crippen molar-refractivity contribution in [2.45, 2.75) is 45.8 Å². The zero-order valence-corrected chi connectivity index (χ0v) is 18.0. The van der Waals surface area contributed by atoms with Gasteiger partial charge in [0.05, 0.1) is 17.9 Å². The van der Waals surface area contributed by atoms with Crippen LogP contribution in [0.4, 0.5) is 5.69 Å². The molecule has 2 aromatic carbocycles. The van der Waals surface area contributed by atoms with Crippen molar-refractivity contribution in [2.75, 3.05) is 10.7 Å². The van der Waals surface area contributed by atoms with Crippen LogP contribution in [0.15, 0.2) is 60.0 Å². The van der Waals surface area contributed by atoms with Gasteiger partial charge in [-0.3, -0.25) is 4.79 Å². The molecule has 6 heteroatoms. The van der Waals surface area contributed by atoms with E-state index < -0.39 is 15.9 Å². The molecule has 29 heavy (non-hydrogen) atoms. The van der Waals surface area contributed by atoms with E-state index in [-0.39, 0.29) is 17.8 Å². The van der Waals surface area contributed by atoms with Gasteiger partial charge in [-0.1, -0.05) is 26.0 Å². The minimum atomic E-state index is -3.30. The molecular weight excluding hydrogens is 386 g/mol. The first kappa shape index (κ1) is 21.1. The molecule has 1 heterocycles. The first-order chi connectivity index (χ1) is 13.7. The van der Waals surface area contributed by atoms with Gasteiger partial charge in [-0.2, -0.15) is 0 Å². The monoisotopic (exact) mass is 413 g/mol. The zero-order valence-electron chi connectivity index (χ0n) is 17.2. The maximum atomic E-state index is 13.4. The van der Waals surface area contributed by atoms with Gasteiger partial charge in [0.1, 0.15) is 5.75 Å². The minimum absolute atomic E-state index is 0.0429. The minimum Gasteiger partial charge on any atom is -0.491 e. The lowest BCUT2D eigenvalue weighted by Crippen LogP contribution is -2.41. The molecule has 1 atom stereocenters. The van der Waals surface area contributed by atoms with Crippen molar-refractivity contribution in [3.63, 3.8) is 0 Å². The highest BCUT2D eigenvalue weighted by molar-refractivity contribution is 7.94. The molecule has 2 aromatic rings. The molecule has 0 bridgehead atoms. The van der Waals surface area contributed by atoms with Crippen LogP contribution in [-0.4, -0.2) is 32.2 Å². The number of hydrogen-bond acceptors (Lipinski definition) is 4. The van der Waals surface area contributed by atoms with E-state index in [1.54, 1.807) is 35.2 Å². The molecule has 0 fully saturated rings. The first-order valence-electron chi connectivity index (χ1n) is 9.77. The highest BCUT2D eigenvalue weighted by Gasteiger charge is 2.32. The van der Waals surface area contributed by atoms with Crippen LogP contribution in [0.2, 0.25) is 0 Å². The number of nitrogens with zero attached hydrogens (tertiary/aromatic N) is 1. The highest BCUT2D eigenvalue weighted by Crippen LogP contribution is 2.27. The fourth-order valence-corrected chi connectivity index (χ4v) is 4.55. The molecule has 0 saturated heterocycles. The summed E-state index contributed by atoms with van der Waals surface area (Å²) >= 11 is 0. The van der Waals surface area contributed by atoms with E-state index in [4.69, 9.17) is 4.74 Å². The quantitative estimate of drug-likeness (QED) is 0.697.